The van der Waals surface area contributed by atoms with Gasteiger partial charge in [-0.25, -0.2) is 13.1 Å². The number of tetrazole rings is 1. The molecule has 0 bridgehead atoms. The first-order chi connectivity index (χ1) is 6.97. The van der Waals surface area contributed by atoms with Crippen molar-refractivity contribution in [3.63, 3.8) is 0 Å². The van der Waals surface area contributed by atoms with Crippen LogP contribution in [0.4, 0.5) is 0 Å². The summed E-state index contributed by atoms with van der Waals surface area (Å²) in [6, 6.07) is -0.525. The summed E-state index contributed by atoms with van der Waals surface area (Å²) in [5.41, 5.74) is 5.28. The summed E-state index contributed by atoms with van der Waals surface area (Å²) in [6.07, 6.45) is 0. The Morgan fingerprint density at radius 1 is 1.53 bits per heavy atom. The molecule has 0 radical (unpaired) electrons. The highest BCUT2D eigenvalue weighted by atomic mass is 32.2. The van der Waals surface area contributed by atoms with E-state index in [0.29, 0.717) is 5.82 Å². The first kappa shape index (κ1) is 12.0. The van der Waals surface area contributed by atoms with Crippen LogP contribution in [-0.4, -0.2) is 40.8 Å². The van der Waals surface area contributed by atoms with E-state index in [1.165, 1.54) is 6.92 Å². The zero-order chi connectivity index (χ0) is 11.5. The van der Waals surface area contributed by atoms with Crippen LogP contribution >= 0.6 is 0 Å². The van der Waals surface area contributed by atoms with Crippen molar-refractivity contribution < 1.29 is 8.42 Å². The van der Waals surface area contributed by atoms with Crippen LogP contribution in [0, 0.1) is 0 Å². The van der Waals surface area contributed by atoms with E-state index >= 15 is 0 Å². The van der Waals surface area contributed by atoms with E-state index in [1.807, 2.05) is 0 Å². The summed E-state index contributed by atoms with van der Waals surface area (Å²) in [7, 11) is -3.43. The fraction of sp³-hybridized carbons (Fsp3) is 0.833. The molecular formula is C6H14N6O2S. The van der Waals surface area contributed by atoms with E-state index in [0.717, 1.165) is 0 Å². The van der Waals surface area contributed by atoms with E-state index in [1.54, 1.807) is 6.92 Å². The molecule has 1 heterocycles. The highest BCUT2D eigenvalue weighted by molar-refractivity contribution is 7.90. The molecule has 2 unspecified atom stereocenters. The largest absolute Gasteiger partial charge is 0.329 e. The lowest BCUT2D eigenvalue weighted by molar-refractivity contribution is 0.548. The Hall–Kier alpha value is -1.06. The summed E-state index contributed by atoms with van der Waals surface area (Å²) in [4.78, 5) is 0. The third-order valence-corrected chi connectivity index (χ3v) is 3.89. The van der Waals surface area contributed by atoms with Crippen molar-refractivity contribution in [2.75, 3.05) is 6.54 Å². The number of hydrogen-bond donors (Lipinski definition) is 3. The monoisotopic (exact) mass is 234 g/mol. The van der Waals surface area contributed by atoms with Crippen molar-refractivity contribution >= 4 is 10.0 Å². The molecular weight excluding hydrogens is 220 g/mol. The number of aromatic amines is 1. The van der Waals surface area contributed by atoms with Crippen LogP contribution in [0.1, 0.15) is 25.7 Å². The van der Waals surface area contributed by atoms with Crippen LogP contribution in [-0.2, 0) is 10.0 Å². The molecule has 8 nitrogen and oxygen atoms in total. The highest BCUT2D eigenvalue weighted by Crippen LogP contribution is 2.07. The second-order valence-corrected chi connectivity index (χ2v) is 5.33. The van der Waals surface area contributed by atoms with Crippen molar-refractivity contribution in [1.29, 1.82) is 0 Å². The molecule has 15 heavy (non-hydrogen) atoms. The Labute approximate surface area is 87.7 Å². The number of rotatable bonds is 5. The van der Waals surface area contributed by atoms with Gasteiger partial charge in [-0.2, -0.15) is 5.21 Å². The molecule has 0 aliphatic carbocycles. The molecule has 0 saturated heterocycles. The fourth-order valence-electron chi connectivity index (χ4n) is 0.895. The summed E-state index contributed by atoms with van der Waals surface area (Å²) in [5, 5.41) is 12.3. The topological polar surface area (TPSA) is 127 Å². The van der Waals surface area contributed by atoms with Crippen LogP contribution in [0.2, 0.25) is 0 Å². The van der Waals surface area contributed by atoms with Gasteiger partial charge in [0, 0.05) is 6.54 Å². The molecule has 0 aromatic carbocycles. The first-order valence-corrected chi connectivity index (χ1v) is 5.96. The van der Waals surface area contributed by atoms with Gasteiger partial charge in [-0.15, -0.1) is 10.2 Å². The summed E-state index contributed by atoms with van der Waals surface area (Å²) in [5.74, 6) is 0.294. The van der Waals surface area contributed by atoms with Crippen LogP contribution in [0.15, 0.2) is 0 Å². The number of sulfonamides is 1. The van der Waals surface area contributed by atoms with Gasteiger partial charge >= 0.3 is 0 Å². The minimum absolute atomic E-state index is 0.0638. The third kappa shape index (κ3) is 2.94. The molecule has 1 rings (SSSR count). The van der Waals surface area contributed by atoms with E-state index in [-0.39, 0.29) is 6.54 Å². The maximum absolute atomic E-state index is 11.6. The van der Waals surface area contributed by atoms with Gasteiger partial charge in [0.2, 0.25) is 10.0 Å². The lowest BCUT2D eigenvalue weighted by Crippen LogP contribution is -2.38. The molecule has 0 saturated carbocycles. The summed E-state index contributed by atoms with van der Waals surface area (Å²) >= 11 is 0. The molecule has 0 fully saturated rings. The zero-order valence-electron chi connectivity index (χ0n) is 8.51. The Kier molecular flexibility index (Phi) is 3.72. The first-order valence-electron chi connectivity index (χ1n) is 4.42. The summed E-state index contributed by atoms with van der Waals surface area (Å²) < 4.78 is 25.6. The average molecular weight is 234 g/mol. The van der Waals surface area contributed by atoms with Gasteiger partial charge in [0.25, 0.3) is 0 Å². The number of aromatic nitrogens is 4. The molecule has 1 aromatic rings. The number of nitrogens with two attached hydrogens (primary N) is 1. The van der Waals surface area contributed by atoms with Crippen LogP contribution < -0.4 is 10.5 Å². The molecule has 9 heteroatoms. The smallest absolute Gasteiger partial charge is 0.216 e. The van der Waals surface area contributed by atoms with Crippen molar-refractivity contribution in [1.82, 2.24) is 25.3 Å². The molecule has 0 spiro atoms. The van der Waals surface area contributed by atoms with Gasteiger partial charge in [0.1, 0.15) is 0 Å². The fourth-order valence-corrected chi connectivity index (χ4v) is 1.98. The Balaban J connectivity index is 2.70. The Morgan fingerprint density at radius 3 is 2.67 bits per heavy atom. The van der Waals surface area contributed by atoms with E-state index in [4.69, 9.17) is 5.73 Å². The van der Waals surface area contributed by atoms with E-state index in [2.05, 4.69) is 25.3 Å². The second-order valence-electron chi connectivity index (χ2n) is 3.20. The van der Waals surface area contributed by atoms with Gasteiger partial charge in [0.05, 0.1) is 11.3 Å². The lowest BCUT2D eigenvalue weighted by Gasteiger charge is -2.14. The van der Waals surface area contributed by atoms with Crippen molar-refractivity contribution in [2.24, 2.45) is 5.73 Å². The minimum Gasteiger partial charge on any atom is -0.329 e. The molecule has 2 atom stereocenters. The summed E-state index contributed by atoms with van der Waals surface area (Å²) in [6.45, 7) is 3.23. The molecule has 0 aliphatic heterocycles. The van der Waals surface area contributed by atoms with Gasteiger partial charge in [0.15, 0.2) is 5.82 Å². The number of hydrogen-bond acceptors (Lipinski definition) is 6. The normalized spacial score (nSPS) is 16.2. The predicted octanol–water partition coefficient (Wildman–Crippen LogP) is -1.47. The standard InChI is InChI=1S/C6H14N6O2S/c1-4(3-7)15(13,14)10-5(2)6-8-11-12-9-6/h4-5,10H,3,7H2,1-2H3,(H,8,9,11,12). The molecule has 1 aromatic heterocycles. The SMILES string of the molecule is CC(NS(=O)(=O)C(C)CN)c1nn[nH]n1. The van der Waals surface area contributed by atoms with E-state index < -0.39 is 21.3 Å². The van der Waals surface area contributed by atoms with Crippen molar-refractivity contribution in [2.45, 2.75) is 25.1 Å². The molecule has 86 valence electrons. The van der Waals surface area contributed by atoms with Gasteiger partial charge in [-0.05, 0) is 13.8 Å². The number of nitrogens with zero attached hydrogens (tertiary/aromatic N) is 3. The van der Waals surface area contributed by atoms with Crippen LogP contribution in [0.5, 0.6) is 0 Å². The van der Waals surface area contributed by atoms with Gasteiger partial charge < -0.3 is 5.73 Å². The third-order valence-electron chi connectivity index (χ3n) is 1.95. The number of nitrogens with one attached hydrogen (secondary N) is 2. The van der Waals surface area contributed by atoms with Gasteiger partial charge in [-0.3, -0.25) is 0 Å². The Morgan fingerprint density at radius 2 is 2.20 bits per heavy atom. The van der Waals surface area contributed by atoms with E-state index in [9.17, 15) is 8.42 Å². The maximum atomic E-state index is 11.6. The quantitative estimate of drug-likeness (QED) is 0.570. The van der Waals surface area contributed by atoms with Crippen LogP contribution in [0.25, 0.3) is 0 Å². The number of H-pyrrole nitrogens is 1. The van der Waals surface area contributed by atoms with Crippen molar-refractivity contribution in [3.05, 3.63) is 5.82 Å². The lowest BCUT2D eigenvalue weighted by atomic mass is 10.4. The average Bonchev–Trinajstić information content (AvgIpc) is 2.68. The predicted molar refractivity (Wildman–Crippen MR) is 53.2 cm³/mol. The maximum Gasteiger partial charge on any atom is 0.216 e. The minimum atomic E-state index is -3.43. The molecule has 0 aliphatic rings. The van der Waals surface area contributed by atoms with Crippen LogP contribution in [0.3, 0.4) is 0 Å². The molecule has 4 N–H and O–H groups in total. The molecule has 0 amide bonds. The zero-order valence-corrected chi connectivity index (χ0v) is 9.32. The second kappa shape index (κ2) is 4.64. The highest BCUT2D eigenvalue weighted by Gasteiger charge is 2.23. The Bertz CT molecular complexity index is 388. The van der Waals surface area contributed by atoms with Crippen molar-refractivity contribution in [3.8, 4) is 0 Å². The van der Waals surface area contributed by atoms with Gasteiger partial charge in [-0.1, -0.05) is 5.21 Å².